The van der Waals surface area contributed by atoms with Gasteiger partial charge in [-0.05, 0) is 61.6 Å². The molecule has 1 saturated carbocycles. The largest absolute Gasteiger partial charge is 0.493 e. The Bertz CT molecular complexity index is 860. The second kappa shape index (κ2) is 7.70. The second-order valence-electron chi connectivity index (χ2n) is 7.58. The number of nitrogens with two attached hydrogens (primary N) is 1. The number of ether oxygens (including phenoxy) is 2. The first kappa shape index (κ1) is 18.6. The lowest BCUT2D eigenvalue weighted by molar-refractivity contribution is -0.117. The summed E-state index contributed by atoms with van der Waals surface area (Å²) in [6.07, 6.45) is 5.09. The van der Waals surface area contributed by atoms with Crippen LogP contribution in [0.1, 0.15) is 43.6 Å². The van der Waals surface area contributed by atoms with Gasteiger partial charge >= 0.3 is 0 Å². The zero-order valence-corrected chi connectivity index (χ0v) is 16.0. The van der Waals surface area contributed by atoms with Gasteiger partial charge in [-0.3, -0.25) is 4.79 Å². The molecule has 0 bridgehead atoms. The first-order valence-electron chi connectivity index (χ1n) is 9.74. The Hall–Kier alpha value is -2.76. The van der Waals surface area contributed by atoms with Gasteiger partial charge in [-0.2, -0.15) is 0 Å². The molecule has 1 aliphatic carbocycles. The Balaban J connectivity index is 1.56. The number of methoxy groups -OCH3 is 1. The summed E-state index contributed by atoms with van der Waals surface area (Å²) in [5.41, 5.74) is 7.57. The summed E-state index contributed by atoms with van der Waals surface area (Å²) >= 11 is 0. The fourth-order valence-electron chi connectivity index (χ4n) is 4.16. The van der Waals surface area contributed by atoms with Crippen molar-refractivity contribution in [1.29, 1.82) is 0 Å². The molecule has 1 saturated heterocycles. The van der Waals surface area contributed by atoms with E-state index in [2.05, 4.69) is 0 Å². The van der Waals surface area contributed by atoms with E-state index in [0.29, 0.717) is 30.1 Å². The van der Waals surface area contributed by atoms with Crippen molar-refractivity contribution in [1.82, 2.24) is 0 Å². The van der Waals surface area contributed by atoms with Gasteiger partial charge in [0.25, 0.3) is 0 Å². The number of hydrogen-bond acceptors (Lipinski definition) is 4. The maximum Gasteiger partial charge on any atom is 0.227 e. The zero-order valence-electron chi connectivity index (χ0n) is 16.0. The van der Waals surface area contributed by atoms with Crippen LogP contribution in [0.25, 0.3) is 0 Å². The van der Waals surface area contributed by atoms with E-state index < -0.39 is 5.82 Å². The number of benzene rings is 2. The van der Waals surface area contributed by atoms with E-state index in [-0.39, 0.29) is 17.9 Å². The molecule has 148 valence electrons. The van der Waals surface area contributed by atoms with Crippen LogP contribution in [0.4, 0.5) is 15.8 Å². The Morgan fingerprint density at radius 3 is 2.61 bits per heavy atom. The second-order valence-corrected chi connectivity index (χ2v) is 7.58. The number of carbonyl (C=O) groups excluding carboxylic acids is 1. The van der Waals surface area contributed by atoms with Crippen LogP contribution in [-0.2, 0) is 4.79 Å². The summed E-state index contributed by atoms with van der Waals surface area (Å²) < 4.78 is 25.3. The summed E-state index contributed by atoms with van der Waals surface area (Å²) in [4.78, 5) is 14.2. The highest BCUT2D eigenvalue weighted by atomic mass is 19.1. The van der Waals surface area contributed by atoms with Gasteiger partial charge in [0.2, 0.25) is 5.91 Å². The maximum absolute atomic E-state index is 13.7. The van der Waals surface area contributed by atoms with E-state index in [4.69, 9.17) is 15.2 Å². The van der Waals surface area contributed by atoms with Crippen molar-refractivity contribution in [2.45, 2.75) is 44.1 Å². The minimum atomic E-state index is -0.442. The average Bonchev–Trinajstić information content (AvgIpc) is 3.30. The molecule has 4 rings (SSSR count). The van der Waals surface area contributed by atoms with Crippen LogP contribution in [0.15, 0.2) is 36.4 Å². The first-order chi connectivity index (χ1) is 13.5. The van der Waals surface area contributed by atoms with Gasteiger partial charge in [0.15, 0.2) is 11.5 Å². The van der Waals surface area contributed by atoms with Crippen molar-refractivity contribution < 1.29 is 18.7 Å². The Labute approximate surface area is 164 Å². The van der Waals surface area contributed by atoms with Crippen molar-refractivity contribution in [2.24, 2.45) is 0 Å². The van der Waals surface area contributed by atoms with E-state index in [0.717, 1.165) is 24.2 Å². The van der Waals surface area contributed by atoms with E-state index in [1.165, 1.54) is 25.0 Å². The number of hydrogen-bond donors (Lipinski definition) is 1. The molecule has 5 nitrogen and oxygen atoms in total. The maximum atomic E-state index is 13.7. The Morgan fingerprint density at radius 2 is 1.89 bits per heavy atom. The lowest BCUT2D eigenvalue weighted by Gasteiger charge is -2.19. The fourth-order valence-corrected chi connectivity index (χ4v) is 4.16. The summed E-state index contributed by atoms with van der Waals surface area (Å²) in [5.74, 6) is 0.961. The van der Waals surface area contributed by atoms with Crippen molar-refractivity contribution in [3.8, 4) is 11.5 Å². The number of halogens is 1. The van der Waals surface area contributed by atoms with Crippen LogP contribution in [0.2, 0.25) is 0 Å². The standard InChI is InChI=1S/C22H25FN2O3/c1-27-20-7-6-14(8-21(20)28-19-4-2-3-5-19)15-9-22(26)25(13-15)18-11-16(23)10-17(24)12-18/h6-8,10-12,15,19H,2-5,9,13,24H2,1H3/t15-/m0/s1. The monoisotopic (exact) mass is 384 g/mol. The third-order valence-electron chi connectivity index (χ3n) is 5.60. The molecule has 2 aromatic rings. The van der Waals surface area contributed by atoms with E-state index in [1.54, 1.807) is 18.1 Å². The summed E-state index contributed by atoms with van der Waals surface area (Å²) in [6, 6.07) is 10.1. The van der Waals surface area contributed by atoms with Crippen LogP contribution in [0, 0.1) is 5.82 Å². The summed E-state index contributed by atoms with van der Waals surface area (Å²) in [5, 5.41) is 0. The molecule has 2 aliphatic rings. The fraction of sp³-hybridized carbons (Fsp3) is 0.409. The van der Waals surface area contributed by atoms with Gasteiger partial charge in [0.1, 0.15) is 5.82 Å². The van der Waals surface area contributed by atoms with Crippen molar-refractivity contribution in [3.63, 3.8) is 0 Å². The molecule has 0 radical (unpaired) electrons. The van der Waals surface area contributed by atoms with Gasteiger partial charge in [0, 0.05) is 30.3 Å². The lowest BCUT2D eigenvalue weighted by atomic mass is 9.98. The molecule has 28 heavy (non-hydrogen) atoms. The topological polar surface area (TPSA) is 64.8 Å². The molecule has 1 amide bonds. The molecule has 2 N–H and O–H groups in total. The normalized spacial score (nSPS) is 20.0. The highest BCUT2D eigenvalue weighted by molar-refractivity contribution is 5.96. The van der Waals surface area contributed by atoms with E-state index >= 15 is 0 Å². The first-order valence-corrected chi connectivity index (χ1v) is 9.74. The molecular weight excluding hydrogens is 359 g/mol. The van der Waals surface area contributed by atoms with E-state index in [1.807, 2.05) is 18.2 Å². The predicted molar refractivity (Wildman–Crippen MR) is 106 cm³/mol. The molecule has 2 aromatic carbocycles. The average molecular weight is 384 g/mol. The minimum absolute atomic E-state index is 0.00817. The smallest absolute Gasteiger partial charge is 0.227 e. The van der Waals surface area contributed by atoms with Gasteiger partial charge in [-0.1, -0.05) is 6.07 Å². The number of nitrogen functional groups attached to an aromatic ring is 1. The number of carbonyl (C=O) groups is 1. The summed E-state index contributed by atoms with van der Waals surface area (Å²) in [7, 11) is 1.63. The van der Waals surface area contributed by atoms with Crippen LogP contribution in [-0.4, -0.2) is 25.7 Å². The zero-order chi connectivity index (χ0) is 19.7. The number of anilines is 2. The van der Waals surface area contributed by atoms with Crippen LogP contribution >= 0.6 is 0 Å². The molecule has 0 spiro atoms. The molecule has 1 heterocycles. The molecule has 1 atom stereocenters. The molecule has 1 aliphatic heterocycles. The molecule has 0 unspecified atom stereocenters. The molecule has 0 aromatic heterocycles. The van der Waals surface area contributed by atoms with Gasteiger partial charge in [0.05, 0.1) is 13.2 Å². The Kier molecular flexibility index (Phi) is 5.11. The van der Waals surface area contributed by atoms with Crippen LogP contribution < -0.4 is 20.1 Å². The predicted octanol–water partition coefficient (Wildman–Crippen LogP) is 4.26. The Morgan fingerprint density at radius 1 is 1.11 bits per heavy atom. The number of nitrogens with zero attached hydrogens (tertiary/aromatic N) is 1. The lowest BCUT2D eigenvalue weighted by Crippen LogP contribution is -2.24. The van der Waals surface area contributed by atoms with Crippen LogP contribution in [0.5, 0.6) is 11.5 Å². The van der Waals surface area contributed by atoms with E-state index in [9.17, 15) is 9.18 Å². The van der Waals surface area contributed by atoms with Gasteiger partial charge < -0.3 is 20.1 Å². The van der Waals surface area contributed by atoms with Gasteiger partial charge in [-0.25, -0.2) is 4.39 Å². The van der Waals surface area contributed by atoms with Crippen LogP contribution in [0.3, 0.4) is 0 Å². The minimum Gasteiger partial charge on any atom is -0.493 e. The number of rotatable bonds is 5. The van der Waals surface area contributed by atoms with Crippen molar-refractivity contribution in [3.05, 3.63) is 47.8 Å². The molecule has 2 fully saturated rings. The van der Waals surface area contributed by atoms with Crippen molar-refractivity contribution in [2.75, 3.05) is 24.3 Å². The quantitative estimate of drug-likeness (QED) is 0.783. The van der Waals surface area contributed by atoms with Crippen molar-refractivity contribution >= 4 is 17.3 Å². The third kappa shape index (κ3) is 3.77. The SMILES string of the molecule is COc1ccc([C@H]2CC(=O)N(c3cc(N)cc(F)c3)C2)cc1OC1CCCC1. The van der Waals surface area contributed by atoms with Gasteiger partial charge in [-0.15, -0.1) is 0 Å². The highest BCUT2D eigenvalue weighted by Gasteiger charge is 2.32. The summed E-state index contributed by atoms with van der Waals surface area (Å²) in [6.45, 7) is 0.483. The molecule has 6 heteroatoms. The number of amides is 1. The third-order valence-corrected chi connectivity index (χ3v) is 5.60. The highest BCUT2D eigenvalue weighted by Crippen LogP contribution is 2.38. The molecular formula is C22H25FN2O3.